The number of fused-ring (bicyclic) bond motifs is 1. The molecule has 208 valence electrons. The number of piperazine rings is 1. The van der Waals surface area contributed by atoms with Crippen molar-refractivity contribution in [2.24, 2.45) is 0 Å². The van der Waals surface area contributed by atoms with Crippen molar-refractivity contribution in [2.45, 2.75) is 43.0 Å². The summed E-state index contributed by atoms with van der Waals surface area (Å²) in [5.74, 6) is -0.107. The third kappa shape index (κ3) is 5.43. The maximum absolute atomic E-state index is 13.8. The van der Waals surface area contributed by atoms with Crippen LogP contribution in [0.5, 0.6) is 0 Å². The number of sulfonamides is 1. The van der Waals surface area contributed by atoms with Gasteiger partial charge in [0, 0.05) is 48.5 Å². The number of halogens is 1. The van der Waals surface area contributed by atoms with Crippen molar-refractivity contribution in [2.75, 3.05) is 13.1 Å². The van der Waals surface area contributed by atoms with E-state index in [1.54, 1.807) is 54.9 Å². The van der Waals surface area contributed by atoms with Crippen LogP contribution >= 0.6 is 11.6 Å². The molecule has 0 radical (unpaired) electrons. The highest BCUT2D eigenvalue weighted by Crippen LogP contribution is 2.30. The predicted molar refractivity (Wildman–Crippen MR) is 150 cm³/mol. The first kappa shape index (κ1) is 28.1. The van der Waals surface area contributed by atoms with E-state index in [2.05, 4.69) is 15.0 Å². The van der Waals surface area contributed by atoms with E-state index in [0.29, 0.717) is 16.2 Å². The summed E-state index contributed by atoms with van der Waals surface area (Å²) in [5.41, 5.74) is 0.881. The van der Waals surface area contributed by atoms with Crippen molar-refractivity contribution in [3.8, 4) is 11.4 Å². The van der Waals surface area contributed by atoms with Crippen LogP contribution in [0.3, 0.4) is 0 Å². The molecule has 3 heterocycles. The number of aliphatic hydroxyl groups is 2. The van der Waals surface area contributed by atoms with Gasteiger partial charge in [-0.1, -0.05) is 23.7 Å². The molecule has 4 atom stereocenters. The zero-order valence-electron chi connectivity index (χ0n) is 21.8. The smallest absolute Gasteiger partial charge is 0.257 e. The van der Waals surface area contributed by atoms with Crippen molar-refractivity contribution in [1.82, 2.24) is 24.2 Å². The summed E-state index contributed by atoms with van der Waals surface area (Å²) < 4.78 is 28.7. The van der Waals surface area contributed by atoms with Gasteiger partial charge in [0.15, 0.2) is 5.82 Å². The van der Waals surface area contributed by atoms with Crippen molar-refractivity contribution >= 4 is 38.3 Å². The Morgan fingerprint density at radius 2 is 1.50 bits per heavy atom. The van der Waals surface area contributed by atoms with E-state index < -0.39 is 40.2 Å². The molecule has 2 N–H and O–H groups in total. The Balaban J connectivity index is 1.46. The van der Waals surface area contributed by atoms with Gasteiger partial charge in [-0.15, -0.1) is 0 Å². The molecule has 1 aliphatic heterocycles. The lowest BCUT2D eigenvalue weighted by Gasteiger charge is -2.48. The van der Waals surface area contributed by atoms with E-state index in [1.165, 1.54) is 41.5 Å². The maximum Gasteiger partial charge on any atom is 0.257 e. The van der Waals surface area contributed by atoms with Crippen LogP contribution in [0.25, 0.3) is 22.2 Å². The summed E-state index contributed by atoms with van der Waals surface area (Å²) >= 11 is 6.06. The summed E-state index contributed by atoms with van der Waals surface area (Å²) in [6.45, 7) is 2.65. The molecule has 1 fully saturated rings. The summed E-state index contributed by atoms with van der Waals surface area (Å²) in [6.07, 6.45) is 3.79. The fraction of sp³-hybridized carbons (Fsp3) is 0.286. The van der Waals surface area contributed by atoms with Crippen LogP contribution in [0.4, 0.5) is 0 Å². The highest BCUT2D eigenvalue weighted by Gasteiger charge is 2.45. The lowest BCUT2D eigenvalue weighted by molar-refractivity contribution is -0.0350. The fourth-order valence-electron chi connectivity index (χ4n) is 4.92. The molecule has 10 nitrogen and oxygen atoms in total. The SMILES string of the molecule is CC(O)C1CN(S(=O)(=O)c2ccc3cc(Cl)ccc3c2)CC(C(C)O)N1C(=O)c1cnc(-c2ccncc2)nc1. The van der Waals surface area contributed by atoms with E-state index in [4.69, 9.17) is 11.6 Å². The van der Waals surface area contributed by atoms with Crippen LogP contribution in [0.15, 0.2) is 78.2 Å². The third-order valence-corrected chi connectivity index (χ3v) is 9.16. The molecular formula is C28H28ClN5O5S. The minimum atomic E-state index is -4.04. The van der Waals surface area contributed by atoms with Gasteiger partial charge in [-0.05, 0) is 61.0 Å². The molecule has 5 rings (SSSR count). The van der Waals surface area contributed by atoms with Gasteiger partial charge in [0.1, 0.15) is 0 Å². The monoisotopic (exact) mass is 581 g/mol. The molecule has 0 spiro atoms. The Morgan fingerprint density at radius 3 is 2.10 bits per heavy atom. The molecule has 1 aliphatic rings. The lowest BCUT2D eigenvalue weighted by atomic mass is 9.99. The highest BCUT2D eigenvalue weighted by atomic mass is 35.5. The van der Waals surface area contributed by atoms with Crippen LogP contribution in [-0.4, -0.2) is 86.1 Å². The molecule has 40 heavy (non-hydrogen) atoms. The zero-order valence-corrected chi connectivity index (χ0v) is 23.4. The van der Waals surface area contributed by atoms with E-state index in [1.807, 2.05) is 0 Å². The van der Waals surface area contributed by atoms with Gasteiger partial charge >= 0.3 is 0 Å². The first-order valence-electron chi connectivity index (χ1n) is 12.7. The van der Waals surface area contributed by atoms with Crippen molar-refractivity contribution in [1.29, 1.82) is 0 Å². The summed E-state index contributed by atoms with van der Waals surface area (Å²) in [6, 6.07) is 11.5. The standard InChI is InChI=1S/C28H28ClN5O5S/c1-17(35)25-15-33(40(38,39)24-6-4-20-11-23(29)5-3-21(20)12-24)16-26(18(2)36)34(25)28(37)22-13-31-27(32-14-22)19-7-9-30-10-8-19/h3-14,17-18,25-26,35-36H,15-16H2,1-2H3. The minimum absolute atomic E-state index is 0.0656. The third-order valence-electron chi connectivity index (χ3n) is 7.09. The minimum Gasteiger partial charge on any atom is -0.391 e. The van der Waals surface area contributed by atoms with Gasteiger partial charge in [0.25, 0.3) is 5.91 Å². The molecule has 0 saturated carbocycles. The molecule has 4 aromatic rings. The Labute approximate surface area is 236 Å². The molecule has 4 unspecified atom stereocenters. The maximum atomic E-state index is 13.8. The number of rotatable bonds is 6. The first-order chi connectivity index (χ1) is 19.1. The number of carbonyl (C=O) groups is 1. The largest absolute Gasteiger partial charge is 0.391 e. The Kier molecular flexibility index (Phi) is 7.85. The van der Waals surface area contributed by atoms with Crippen LogP contribution in [-0.2, 0) is 10.0 Å². The van der Waals surface area contributed by atoms with Crippen LogP contribution in [0, 0.1) is 0 Å². The second-order valence-electron chi connectivity index (χ2n) is 9.83. The van der Waals surface area contributed by atoms with Crippen LogP contribution in [0.1, 0.15) is 24.2 Å². The molecule has 1 saturated heterocycles. The highest BCUT2D eigenvalue weighted by molar-refractivity contribution is 7.89. The number of carbonyl (C=O) groups excluding carboxylic acids is 1. The summed E-state index contributed by atoms with van der Waals surface area (Å²) in [7, 11) is -4.04. The average Bonchev–Trinajstić information content (AvgIpc) is 2.96. The lowest BCUT2D eigenvalue weighted by Crippen LogP contribution is -2.66. The van der Waals surface area contributed by atoms with Crippen molar-refractivity contribution in [3.63, 3.8) is 0 Å². The number of hydrogen-bond acceptors (Lipinski definition) is 8. The molecule has 12 heteroatoms. The Morgan fingerprint density at radius 1 is 0.925 bits per heavy atom. The number of pyridine rings is 1. The summed E-state index contributed by atoms with van der Waals surface area (Å²) in [4.78, 5) is 27.7. The van der Waals surface area contributed by atoms with Crippen molar-refractivity contribution in [3.05, 3.63) is 83.9 Å². The van der Waals surface area contributed by atoms with E-state index in [0.717, 1.165) is 10.9 Å². The van der Waals surface area contributed by atoms with Gasteiger partial charge in [-0.3, -0.25) is 9.78 Å². The summed E-state index contributed by atoms with van der Waals surface area (Å²) in [5, 5.41) is 23.5. The number of nitrogens with zero attached hydrogens (tertiary/aromatic N) is 5. The van der Waals surface area contributed by atoms with Crippen molar-refractivity contribution < 1.29 is 23.4 Å². The molecule has 0 bridgehead atoms. The van der Waals surface area contributed by atoms with Crippen LogP contribution in [0.2, 0.25) is 5.02 Å². The Bertz CT molecular complexity index is 1620. The molecule has 2 aromatic carbocycles. The zero-order chi connectivity index (χ0) is 28.6. The molecule has 0 aliphatic carbocycles. The second kappa shape index (κ2) is 11.2. The van der Waals surface area contributed by atoms with E-state index in [9.17, 15) is 23.4 Å². The molecule has 2 aromatic heterocycles. The number of aliphatic hydroxyl groups excluding tert-OH is 2. The van der Waals surface area contributed by atoms with Gasteiger partial charge in [-0.25, -0.2) is 18.4 Å². The number of hydrogen-bond donors (Lipinski definition) is 2. The number of aromatic nitrogens is 3. The molecular weight excluding hydrogens is 554 g/mol. The quantitative estimate of drug-likeness (QED) is 0.354. The normalized spacial score (nSPS) is 19.9. The van der Waals surface area contributed by atoms with Gasteiger partial charge in [0.05, 0.1) is 34.8 Å². The number of amides is 1. The van der Waals surface area contributed by atoms with Gasteiger partial charge < -0.3 is 15.1 Å². The Hall–Kier alpha value is -3.48. The van der Waals surface area contributed by atoms with Gasteiger partial charge in [0.2, 0.25) is 10.0 Å². The predicted octanol–water partition coefficient (Wildman–Crippen LogP) is 2.99. The van der Waals surface area contributed by atoms with Gasteiger partial charge in [-0.2, -0.15) is 4.31 Å². The first-order valence-corrected chi connectivity index (χ1v) is 14.5. The molecule has 1 amide bonds. The average molecular weight is 582 g/mol. The van der Waals surface area contributed by atoms with E-state index >= 15 is 0 Å². The number of benzene rings is 2. The fourth-order valence-corrected chi connectivity index (χ4v) is 6.62. The second-order valence-corrected chi connectivity index (χ2v) is 12.2. The van der Waals surface area contributed by atoms with E-state index in [-0.39, 0.29) is 23.5 Å². The topological polar surface area (TPSA) is 137 Å². The van der Waals surface area contributed by atoms with Crippen LogP contribution < -0.4 is 0 Å².